The fourth-order valence-corrected chi connectivity index (χ4v) is 3.78. The van der Waals surface area contributed by atoms with E-state index in [0.717, 1.165) is 41.2 Å². The molecule has 0 bridgehead atoms. The Hall–Kier alpha value is -3.81. The van der Waals surface area contributed by atoms with E-state index in [2.05, 4.69) is 31.4 Å². The standard InChI is InChI=1S/C28H37N5O3/c1-7-17-32(27(35)29-23-12-10-9-11-20(23)8-2)19-26(34)30-25-18-24(28(3,4)5)31-33(25)21-13-15-22(36-6)16-14-21/h9-16,18H,7-8,17,19H2,1-6H3,(H,29,35)(H,30,34). The zero-order valence-corrected chi connectivity index (χ0v) is 22.1. The van der Waals surface area contributed by atoms with Gasteiger partial charge in [-0.05, 0) is 48.7 Å². The number of methoxy groups -OCH3 is 1. The molecule has 8 nitrogen and oxygen atoms in total. The van der Waals surface area contributed by atoms with Crippen LogP contribution in [0.3, 0.4) is 0 Å². The molecular formula is C28H37N5O3. The minimum atomic E-state index is -0.299. The van der Waals surface area contributed by atoms with Crippen LogP contribution in [0.25, 0.3) is 5.69 Å². The van der Waals surface area contributed by atoms with Crippen molar-refractivity contribution in [1.82, 2.24) is 14.7 Å². The van der Waals surface area contributed by atoms with Crippen LogP contribution >= 0.6 is 0 Å². The number of nitrogens with one attached hydrogen (secondary N) is 2. The van der Waals surface area contributed by atoms with Gasteiger partial charge in [-0.25, -0.2) is 9.48 Å². The fourth-order valence-electron chi connectivity index (χ4n) is 3.78. The minimum Gasteiger partial charge on any atom is -0.497 e. The largest absolute Gasteiger partial charge is 0.497 e. The van der Waals surface area contributed by atoms with Gasteiger partial charge in [0.25, 0.3) is 0 Å². The van der Waals surface area contributed by atoms with Crippen LogP contribution in [0.1, 0.15) is 52.3 Å². The van der Waals surface area contributed by atoms with Crippen molar-refractivity contribution in [1.29, 1.82) is 0 Å². The van der Waals surface area contributed by atoms with Crippen LogP contribution < -0.4 is 15.4 Å². The normalized spacial score (nSPS) is 11.2. The van der Waals surface area contributed by atoms with Gasteiger partial charge in [0.1, 0.15) is 18.1 Å². The number of carbonyl (C=O) groups excluding carboxylic acids is 2. The zero-order valence-electron chi connectivity index (χ0n) is 22.1. The number of para-hydroxylation sites is 1. The monoisotopic (exact) mass is 491 g/mol. The molecule has 0 aliphatic rings. The lowest BCUT2D eigenvalue weighted by Gasteiger charge is -2.23. The van der Waals surface area contributed by atoms with Crippen LogP contribution in [0, 0.1) is 0 Å². The number of aryl methyl sites for hydroxylation is 1. The fraction of sp³-hybridized carbons (Fsp3) is 0.393. The molecule has 0 aliphatic heterocycles. The van der Waals surface area contributed by atoms with Gasteiger partial charge >= 0.3 is 6.03 Å². The average Bonchev–Trinajstić information content (AvgIpc) is 3.28. The number of carbonyl (C=O) groups is 2. The first-order valence-electron chi connectivity index (χ1n) is 12.3. The van der Waals surface area contributed by atoms with Crippen molar-refractivity contribution in [3.05, 3.63) is 65.9 Å². The molecule has 2 N–H and O–H groups in total. The molecule has 0 atom stereocenters. The molecule has 0 radical (unpaired) electrons. The molecule has 0 saturated carbocycles. The molecule has 0 saturated heterocycles. The summed E-state index contributed by atoms with van der Waals surface area (Å²) in [4.78, 5) is 27.7. The Morgan fingerprint density at radius 3 is 2.33 bits per heavy atom. The van der Waals surface area contributed by atoms with E-state index in [4.69, 9.17) is 9.84 Å². The number of amides is 3. The lowest BCUT2D eigenvalue weighted by Crippen LogP contribution is -2.41. The summed E-state index contributed by atoms with van der Waals surface area (Å²) in [6.07, 6.45) is 1.53. The molecule has 2 aromatic carbocycles. The van der Waals surface area contributed by atoms with Crippen molar-refractivity contribution < 1.29 is 14.3 Å². The second-order valence-electron chi connectivity index (χ2n) is 9.69. The summed E-state index contributed by atoms with van der Waals surface area (Å²) in [6, 6.07) is 16.7. The second-order valence-corrected chi connectivity index (χ2v) is 9.69. The van der Waals surface area contributed by atoms with Gasteiger partial charge in [-0.15, -0.1) is 0 Å². The SMILES string of the molecule is CCCN(CC(=O)Nc1cc(C(C)(C)C)nn1-c1ccc(OC)cc1)C(=O)Nc1ccccc1CC. The zero-order chi connectivity index (χ0) is 26.3. The van der Waals surface area contributed by atoms with Gasteiger partial charge in [0.2, 0.25) is 5.91 Å². The number of benzene rings is 2. The third-order valence-corrected chi connectivity index (χ3v) is 5.82. The smallest absolute Gasteiger partial charge is 0.322 e. The Morgan fingerprint density at radius 2 is 1.72 bits per heavy atom. The predicted octanol–water partition coefficient (Wildman–Crippen LogP) is 5.62. The quantitative estimate of drug-likeness (QED) is 0.406. The van der Waals surface area contributed by atoms with E-state index < -0.39 is 0 Å². The Labute approximate surface area is 213 Å². The Kier molecular flexibility index (Phi) is 8.74. The first-order valence-corrected chi connectivity index (χ1v) is 12.3. The lowest BCUT2D eigenvalue weighted by atomic mass is 9.92. The molecule has 0 spiro atoms. The summed E-state index contributed by atoms with van der Waals surface area (Å²) in [5.74, 6) is 0.985. The van der Waals surface area contributed by atoms with Crippen molar-refractivity contribution in [2.45, 2.75) is 52.9 Å². The van der Waals surface area contributed by atoms with E-state index in [1.807, 2.05) is 68.4 Å². The number of rotatable bonds is 9. The van der Waals surface area contributed by atoms with Gasteiger partial charge in [-0.1, -0.05) is 52.8 Å². The number of aromatic nitrogens is 2. The van der Waals surface area contributed by atoms with E-state index in [9.17, 15) is 9.59 Å². The molecule has 0 unspecified atom stereocenters. The van der Waals surface area contributed by atoms with Gasteiger partial charge in [-0.3, -0.25) is 4.79 Å². The Balaban J connectivity index is 1.80. The van der Waals surface area contributed by atoms with Crippen LogP contribution in [0.15, 0.2) is 54.6 Å². The number of hydrogen-bond acceptors (Lipinski definition) is 4. The average molecular weight is 492 g/mol. The first kappa shape index (κ1) is 26.8. The molecule has 36 heavy (non-hydrogen) atoms. The van der Waals surface area contributed by atoms with Crippen LogP contribution in [0.5, 0.6) is 5.75 Å². The van der Waals surface area contributed by atoms with Crippen molar-refractivity contribution in [3.63, 3.8) is 0 Å². The topological polar surface area (TPSA) is 88.5 Å². The molecular weight excluding hydrogens is 454 g/mol. The van der Waals surface area contributed by atoms with Gasteiger partial charge < -0.3 is 20.3 Å². The molecule has 0 fully saturated rings. The van der Waals surface area contributed by atoms with Crippen molar-refractivity contribution in [2.24, 2.45) is 0 Å². The van der Waals surface area contributed by atoms with E-state index in [0.29, 0.717) is 12.4 Å². The Bertz CT molecular complexity index is 1180. The summed E-state index contributed by atoms with van der Waals surface area (Å²) < 4.78 is 6.97. The summed E-state index contributed by atoms with van der Waals surface area (Å²) >= 11 is 0. The predicted molar refractivity (Wildman–Crippen MR) is 144 cm³/mol. The number of ether oxygens (including phenoxy) is 1. The number of hydrogen-bond donors (Lipinski definition) is 2. The highest BCUT2D eigenvalue weighted by atomic mass is 16.5. The van der Waals surface area contributed by atoms with Gasteiger partial charge in [0.05, 0.1) is 18.5 Å². The molecule has 3 amide bonds. The van der Waals surface area contributed by atoms with Crippen molar-refractivity contribution in [2.75, 3.05) is 30.8 Å². The maximum atomic E-state index is 13.1. The Morgan fingerprint density at radius 1 is 1.03 bits per heavy atom. The number of anilines is 2. The summed E-state index contributed by atoms with van der Waals surface area (Å²) in [5.41, 5.74) is 3.23. The van der Waals surface area contributed by atoms with Crippen LogP contribution in [-0.2, 0) is 16.6 Å². The van der Waals surface area contributed by atoms with Crippen LogP contribution in [0.4, 0.5) is 16.3 Å². The highest BCUT2D eigenvalue weighted by Gasteiger charge is 2.23. The maximum absolute atomic E-state index is 13.1. The summed E-state index contributed by atoms with van der Waals surface area (Å²) in [5, 5.41) is 10.7. The lowest BCUT2D eigenvalue weighted by molar-refractivity contribution is -0.116. The minimum absolute atomic E-state index is 0.0768. The van der Waals surface area contributed by atoms with E-state index in [1.165, 1.54) is 4.90 Å². The molecule has 3 rings (SSSR count). The third-order valence-electron chi connectivity index (χ3n) is 5.82. The number of urea groups is 1. The molecule has 0 aliphatic carbocycles. The van der Waals surface area contributed by atoms with Crippen molar-refractivity contribution >= 4 is 23.4 Å². The molecule has 192 valence electrons. The summed E-state index contributed by atoms with van der Waals surface area (Å²) in [7, 11) is 1.62. The van der Waals surface area contributed by atoms with E-state index in [1.54, 1.807) is 11.8 Å². The van der Waals surface area contributed by atoms with E-state index in [-0.39, 0.29) is 23.9 Å². The molecule has 3 aromatic rings. The van der Waals surface area contributed by atoms with Crippen LogP contribution in [0.2, 0.25) is 0 Å². The van der Waals surface area contributed by atoms with Crippen LogP contribution in [-0.4, -0.2) is 46.8 Å². The molecule has 1 heterocycles. The number of nitrogens with zero attached hydrogens (tertiary/aromatic N) is 3. The molecule has 1 aromatic heterocycles. The highest BCUT2D eigenvalue weighted by molar-refractivity contribution is 5.97. The third kappa shape index (κ3) is 6.65. The second kappa shape index (κ2) is 11.7. The van der Waals surface area contributed by atoms with Gasteiger partial charge in [0.15, 0.2) is 0 Å². The first-order chi connectivity index (χ1) is 17.2. The van der Waals surface area contributed by atoms with Gasteiger partial charge in [0, 0.05) is 23.7 Å². The van der Waals surface area contributed by atoms with Crippen molar-refractivity contribution in [3.8, 4) is 11.4 Å². The summed E-state index contributed by atoms with van der Waals surface area (Å²) in [6.45, 7) is 10.6. The van der Waals surface area contributed by atoms with E-state index >= 15 is 0 Å². The highest BCUT2D eigenvalue weighted by Crippen LogP contribution is 2.27. The maximum Gasteiger partial charge on any atom is 0.322 e. The van der Waals surface area contributed by atoms with Gasteiger partial charge in [-0.2, -0.15) is 5.10 Å². The molecule has 8 heteroatoms.